The van der Waals surface area contributed by atoms with Crippen LogP contribution in [0.4, 0.5) is 0 Å². The van der Waals surface area contributed by atoms with Gasteiger partial charge in [-0.25, -0.2) is 0 Å². The van der Waals surface area contributed by atoms with E-state index in [1.54, 1.807) is 0 Å². The summed E-state index contributed by atoms with van der Waals surface area (Å²) in [5, 5.41) is 20.5. The van der Waals surface area contributed by atoms with Crippen LogP contribution in [0.3, 0.4) is 0 Å². The van der Waals surface area contributed by atoms with Gasteiger partial charge in [0.05, 0.1) is 0 Å². The van der Waals surface area contributed by atoms with Gasteiger partial charge < -0.3 is 38.3 Å². The highest BCUT2D eigenvalue weighted by Gasteiger charge is 2.11. The van der Waals surface area contributed by atoms with Gasteiger partial charge in [-0.15, -0.1) is 0 Å². The molecule has 144 valence electrons. The van der Waals surface area contributed by atoms with Crippen LogP contribution in [0.25, 0.3) is 0 Å². The van der Waals surface area contributed by atoms with Gasteiger partial charge >= 0.3 is 0 Å². The predicted octanol–water partition coefficient (Wildman–Crippen LogP) is -0.297. The van der Waals surface area contributed by atoms with Crippen LogP contribution in [0.15, 0.2) is 12.1 Å². The molecule has 25 heavy (non-hydrogen) atoms. The summed E-state index contributed by atoms with van der Waals surface area (Å²) < 4.78 is 0. The Kier molecular flexibility index (Phi) is 9.96. The monoisotopic (exact) mass is 352 g/mol. The molecule has 0 aromatic heterocycles. The molecule has 0 saturated heterocycles. The SMILES string of the molecule is CC(N)CNCc1cc(CNCC(C)N)c(O)c(CNCC(C)N)c1. The summed E-state index contributed by atoms with van der Waals surface area (Å²) in [7, 11) is 0. The lowest BCUT2D eigenvalue weighted by atomic mass is 10.0. The van der Waals surface area contributed by atoms with E-state index in [1.807, 2.05) is 32.9 Å². The summed E-state index contributed by atoms with van der Waals surface area (Å²) in [4.78, 5) is 0. The smallest absolute Gasteiger partial charge is 0.124 e. The van der Waals surface area contributed by atoms with Gasteiger partial charge in [0.15, 0.2) is 0 Å². The Hall–Kier alpha value is -1.22. The number of phenols is 1. The van der Waals surface area contributed by atoms with Crippen molar-refractivity contribution in [3.8, 4) is 5.75 Å². The molecule has 0 heterocycles. The van der Waals surface area contributed by atoms with E-state index in [1.165, 1.54) is 0 Å². The first-order chi connectivity index (χ1) is 11.8. The zero-order valence-corrected chi connectivity index (χ0v) is 15.8. The third-order valence-corrected chi connectivity index (χ3v) is 3.69. The first-order valence-corrected chi connectivity index (χ1v) is 9.02. The fourth-order valence-electron chi connectivity index (χ4n) is 2.52. The Bertz CT molecular complexity index is 469. The number of hydrogen-bond donors (Lipinski definition) is 7. The van der Waals surface area contributed by atoms with Crippen molar-refractivity contribution >= 4 is 0 Å². The zero-order chi connectivity index (χ0) is 18.8. The first-order valence-electron chi connectivity index (χ1n) is 9.02. The summed E-state index contributed by atoms with van der Waals surface area (Å²) >= 11 is 0. The third-order valence-electron chi connectivity index (χ3n) is 3.69. The van der Waals surface area contributed by atoms with E-state index in [-0.39, 0.29) is 18.1 Å². The van der Waals surface area contributed by atoms with E-state index in [2.05, 4.69) is 16.0 Å². The Morgan fingerprint density at radius 1 is 0.760 bits per heavy atom. The molecule has 0 saturated carbocycles. The van der Waals surface area contributed by atoms with Crippen LogP contribution < -0.4 is 33.2 Å². The summed E-state index contributed by atoms with van der Waals surface area (Å²) in [6.45, 7) is 9.88. The molecule has 1 aromatic carbocycles. The number of nitrogens with two attached hydrogens (primary N) is 3. The molecule has 7 heteroatoms. The van der Waals surface area contributed by atoms with E-state index in [0.29, 0.717) is 38.5 Å². The molecule has 1 aromatic rings. The Morgan fingerprint density at radius 3 is 1.48 bits per heavy atom. The third kappa shape index (κ3) is 9.15. The molecule has 7 nitrogen and oxygen atoms in total. The number of aromatic hydroxyl groups is 1. The quantitative estimate of drug-likeness (QED) is 0.275. The first kappa shape index (κ1) is 21.8. The van der Waals surface area contributed by atoms with Crippen LogP contribution in [-0.2, 0) is 19.6 Å². The van der Waals surface area contributed by atoms with Crippen molar-refractivity contribution in [2.75, 3.05) is 19.6 Å². The lowest BCUT2D eigenvalue weighted by Crippen LogP contribution is -2.32. The molecule has 0 fully saturated rings. The largest absolute Gasteiger partial charge is 0.507 e. The minimum Gasteiger partial charge on any atom is -0.507 e. The molecule has 0 amide bonds. The fourth-order valence-corrected chi connectivity index (χ4v) is 2.52. The van der Waals surface area contributed by atoms with Crippen LogP contribution in [0.2, 0.25) is 0 Å². The van der Waals surface area contributed by atoms with E-state index >= 15 is 0 Å². The van der Waals surface area contributed by atoms with Gasteiger partial charge in [0, 0.05) is 68.5 Å². The van der Waals surface area contributed by atoms with Crippen LogP contribution in [0.1, 0.15) is 37.5 Å². The van der Waals surface area contributed by atoms with Crippen molar-refractivity contribution in [2.45, 2.75) is 58.5 Å². The average Bonchev–Trinajstić information content (AvgIpc) is 2.50. The van der Waals surface area contributed by atoms with E-state index < -0.39 is 0 Å². The van der Waals surface area contributed by atoms with Gasteiger partial charge in [-0.05, 0) is 38.5 Å². The fraction of sp³-hybridized carbons (Fsp3) is 0.667. The summed E-state index contributed by atoms with van der Waals surface area (Å²) in [5.74, 6) is 0.324. The summed E-state index contributed by atoms with van der Waals surface area (Å²) in [6, 6.07) is 4.30. The average molecular weight is 353 g/mol. The summed E-state index contributed by atoms with van der Waals surface area (Å²) in [5.41, 5.74) is 20.2. The van der Waals surface area contributed by atoms with Crippen LogP contribution >= 0.6 is 0 Å². The molecule has 1 rings (SSSR count). The maximum atomic E-state index is 10.6. The van der Waals surface area contributed by atoms with E-state index in [4.69, 9.17) is 17.2 Å². The molecule has 0 aliphatic carbocycles. The minimum atomic E-state index is 0.0743. The molecule has 3 atom stereocenters. The van der Waals surface area contributed by atoms with Gasteiger partial charge in [-0.1, -0.05) is 0 Å². The molecule has 3 unspecified atom stereocenters. The van der Waals surface area contributed by atoms with Gasteiger partial charge in [-0.3, -0.25) is 0 Å². The van der Waals surface area contributed by atoms with Crippen LogP contribution in [0, 0.1) is 0 Å². The summed E-state index contributed by atoms with van der Waals surface area (Å²) in [6.07, 6.45) is 0. The van der Waals surface area contributed by atoms with Crippen molar-refractivity contribution < 1.29 is 5.11 Å². The molecule has 0 bridgehead atoms. The van der Waals surface area contributed by atoms with Crippen molar-refractivity contribution in [1.29, 1.82) is 0 Å². The Morgan fingerprint density at radius 2 is 1.12 bits per heavy atom. The molecule has 10 N–H and O–H groups in total. The van der Waals surface area contributed by atoms with Gasteiger partial charge in [0.2, 0.25) is 0 Å². The van der Waals surface area contributed by atoms with Crippen molar-refractivity contribution in [3.05, 3.63) is 28.8 Å². The number of rotatable bonds is 12. The van der Waals surface area contributed by atoms with Gasteiger partial charge in [-0.2, -0.15) is 0 Å². The number of phenolic OH excluding ortho intramolecular Hbond substituents is 1. The lowest BCUT2D eigenvalue weighted by Gasteiger charge is -2.16. The zero-order valence-electron chi connectivity index (χ0n) is 15.8. The van der Waals surface area contributed by atoms with Crippen molar-refractivity contribution in [2.24, 2.45) is 17.2 Å². The van der Waals surface area contributed by atoms with E-state index in [9.17, 15) is 5.11 Å². The normalized spacial score (nSPS) is 15.1. The second-order valence-electron chi connectivity index (χ2n) is 7.09. The standard InChI is InChI=1S/C18H36N6O/c1-12(19)6-22-9-15-4-16(10-23-7-13(2)20)18(25)17(5-15)11-24-8-14(3)21/h4-5,12-14,22-25H,6-11,19-21H2,1-3H3. The van der Waals surface area contributed by atoms with E-state index in [0.717, 1.165) is 23.2 Å². The van der Waals surface area contributed by atoms with Crippen molar-refractivity contribution in [1.82, 2.24) is 16.0 Å². The minimum absolute atomic E-state index is 0.0743. The maximum absolute atomic E-state index is 10.6. The predicted molar refractivity (Wildman–Crippen MR) is 104 cm³/mol. The highest BCUT2D eigenvalue weighted by atomic mass is 16.3. The highest BCUT2D eigenvalue weighted by Crippen LogP contribution is 2.25. The second kappa shape index (κ2) is 11.4. The van der Waals surface area contributed by atoms with Crippen LogP contribution in [-0.4, -0.2) is 42.9 Å². The number of benzene rings is 1. The number of nitrogens with one attached hydrogen (secondary N) is 3. The molecule has 0 radical (unpaired) electrons. The highest BCUT2D eigenvalue weighted by molar-refractivity contribution is 5.44. The molecule has 0 aliphatic heterocycles. The Balaban J connectivity index is 2.83. The van der Waals surface area contributed by atoms with Gasteiger partial charge in [0.25, 0.3) is 0 Å². The Labute approximate surface area is 151 Å². The molecular weight excluding hydrogens is 316 g/mol. The molecule has 0 spiro atoms. The van der Waals surface area contributed by atoms with Gasteiger partial charge in [0.1, 0.15) is 5.75 Å². The second-order valence-corrected chi connectivity index (χ2v) is 7.09. The van der Waals surface area contributed by atoms with Crippen molar-refractivity contribution in [3.63, 3.8) is 0 Å². The molecule has 0 aliphatic rings. The van der Waals surface area contributed by atoms with Crippen LogP contribution in [0.5, 0.6) is 5.75 Å². The molecular formula is C18H36N6O. The topological polar surface area (TPSA) is 134 Å². The lowest BCUT2D eigenvalue weighted by molar-refractivity contribution is 0.451. The number of hydrogen-bond acceptors (Lipinski definition) is 7. The maximum Gasteiger partial charge on any atom is 0.124 e.